The molecule has 0 bridgehead atoms. The molecular weight excluding hydrogens is 146 g/mol. The van der Waals surface area contributed by atoms with Gasteiger partial charge in [-0.3, -0.25) is 0 Å². The van der Waals surface area contributed by atoms with E-state index in [1.54, 1.807) is 6.92 Å². The van der Waals surface area contributed by atoms with Crippen LogP contribution < -0.4 is 0 Å². The van der Waals surface area contributed by atoms with Gasteiger partial charge in [0.2, 0.25) is 0 Å². The van der Waals surface area contributed by atoms with Crippen LogP contribution in [0.15, 0.2) is 12.7 Å². The van der Waals surface area contributed by atoms with Gasteiger partial charge in [0.25, 0.3) is 0 Å². The van der Waals surface area contributed by atoms with Gasteiger partial charge in [-0.1, -0.05) is 0 Å². The third-order valence-electron chi connectivity index (χ3n) is 1.38. The second kappa shape index (κ2) is 3.14. The fraction of sp³-hybridized carbons (Fsp3) is 0.500. The van der Waals surface area contributed by atoms with E-state index in [4.69, 9.17) is 0 Å². The summed E-state index contributed by atoms with van der Waals surface area (Å²) in [7, 11) is 1.34. The van der Waals surface area contributed by atoms with Crippen molar-refractivity contribution in [3.8, 4) is 0 Å². The number of esters is 1. The average Bonchev–Trinajstić information content (AvgIpc) is 2.53. The van der Waals surface area contributed by atoms with E-state index in [0.29, 0.717) is 0 Å². The molecule has 0 fully saturated rings. The molecule has 1 aromatic rings. The van der Waals surface area contributed by atoms with Gasteiger partial charge in [-0.15, -0.1) is 0 Å². The molecule has 1 atom stereocenters. The molecule has 5 heteroatoms. The lowest BCUT2D eigenvalue weighted by molar-refractivity contribution is -0.144. The first-order valence-corrected chi connectivity index (χ1v) is 3.17. The quantitative estimate of drug-likeness (QED) is 0.564. The van der Waals surface area contributed by atoms with Crippen LogP contribution >= 0.6 is 0 Å². The molecule has 0 aliphatic heterocycles. The SMILES string of the molecule is COC(=O)[C@@H](C)n1cncn1. The molecule has 0 unspecified atom stereocenters. The van der Waals surface area contributed by atoms with Crippen LogP contribution in [-0.2, 0) is 9.53 Å². The standard InChI is InChI=1S/C6H9N3O2/c1-5(6(10)11-2)9-4-7-3-8-9/h3-5H,1-2H3/t5-/m1/s1. The molecule has 0 spiro atoms. The summed E-state index contributed by atoms with van der Waals surface area (Å²) in [5, 5.41) is 3.79. The topological polar surface area (TPSA) is 57.0 Å². The number of ether oxygens (including phenoxy) is 1. The zero-order valence-corrected chi connectivity index (χ0v) is 6.39. The van der Waals surface area contributed by atoms with Gasteiger partial charge in [0.05, 0.1) is 7.11 Å². The molecule has 0 saturated heterocycles. The summed E-state index contributed by atoms with van der Waals surface area (Å²) in [5.41, 5.74) is 0. The van der Waals surface area contributed by atoms with Crippen molar-refractivity contribution < 1.29 is 9.53 Å². The van der Waals surface area contributed by atoms with Crippen molar-refractivity contribution in [2.24, 2.45) is 0 Å². The van der Waals surface area contributed by atoms with Crippen molar-refractivity contribution in [1.82, 2.24) is 14.8 Å². The summed E-state index contributed by atoms with van der Waals surface area (Å²) in [5.74, 6) is -0.324. The maximum Gasteiger partial charge on any atom is 0.330 e. The van der Waals surface area contributed by atoms with Crippen LogP contribution in [0.2, 0.25) is 0 Å². The Labute approximate surface area is 64.0 Å². The van der Waals surface area contributed by atoms with Gasteiger partial charge < -0.3 is 4.74 Å². The molecule has 0 aliphatic carbocycles. The summed E-state index contributed by atoms with van der Waals surface area (Å²) >= 11 is 0. The fourth-order valence-electron chi connectivity index (χ4n) is 0.696. The Hall–Kier alpha value is -1.39. The molecule has 0 saturated carbocycles. The predicted molar refractivity (Wildman–Crippen MR) is 36.7 cm³/mol. The monoisotopic (exact) mass is 155 g/mol. The number of hydrogen-bond acceptors (Lipinski definition) is 4. The highest BCUT2D eigenvalue weighted by Crippen LogP contribution is 2.02. The van der Waals surface area contributed by atoms with Gasteiger partial charge in [0.15, 0.2) is 0 Å². The van der Waals surface area contributed by atoms with E-state index in [1.807, 2.05) is 0 Å². The Kier molecular flexibility index (Phi) is 2.20. The van der Waals surface area contributed by atoms with E-state index in [2.05, 4.69) is 14.8 Å². The number of carbonyl (C=O) groups excluding carboxylic acids is 1. The molecule has 0 aromatic carbocycles. The first-order chi connectivity index (χ1) is 5.25. The van der Waals surface area contributed by atoms with Crippen molar-refractivity contribution in [1.29, 1.82) is 0 Å². The van der Waals surface area contributed by atoms with Crippen molar-refractivity contribution in [3.63, 3.8) is 0 Å². The number of rotatable bonds is 2. The average molecular weight is 155 g/mol. The normalized spacial score (nSPS) is 12.5. The molecular formula is C6H9N3O2. The second-order valence-electron chi connectivity index (χ2n) is 2.07. The minimum atomic E-state index is -0.400. The lowest BCUT2D eigenvalue weighted by Gasteiger charge is -2.07. The van der Waals surface area contributed by atoms with Crippen LogP contribution in [0.5, 0.6) is 0 Å². The van der Waals surface area contributed by atoms with Crippen molar-refractivity contribution in [2.75, 3.05) is 7.11 Å². The lowest BCUT2D eigenvalue weighted by Crippen LogP contribution is -2.17. The van der Waals surface area contributed by atoms with E-state index in [0.717, 1.165) is 0 Å². The minimum absolute atomic E-state index is 0.324. The van der Waals surface area contributed by atoms with Crippen molar-refractivity contribution in [3.05, 3.63) is 12.7 Å². The Morgan fingerprint density at radius 1 is 1.73 bits per heavy atom. The highest BCUT2D eigenvalue weighted by molar-refractivity contribution is 5.73. The van der Waals surface area contributed by atoms with E-state index < -0.39 is 6.04 Å². The Bertz CT molecular complexity index is 232. The highest BCUT2D eigenvalue weighted by Gasteiger charge is 2.14. The van der Waals surface area contributed by atoms with Crippen LogP contribution in [0.4, 0.5) is 0 Å². The fourth-order valence-corrected chi connectivity index (χ4v) is 0.696. The van der Waals surface area contributed by atoms with Crippen LogP contribution in [0.3, 0.4) is 0 Å². The first-order valence-electron chi connectivity index (χ1n) is 3.17. The van der Waals surface area contributed by atoms with Gasteiger partial charge in [-0.25, -0.2) is 14.5 Å². The largest absolute Gasteiger partial charge is 0.467 e. The van der Waals surface area contributed by atoms with Crippen LogP contribution in [-0.4, -0.2) is 27.8 Å². The zero-order valence-electron chi connectivity index (χ0n) is 6.39. The lowest BCUT2D eigenvalue weighted by atomic mass is 10.4. The van der Waals surface area contributed by atoms with Crippen molar-refractivity contribution in [2.45, 2.75) is 13.0 Å². The number of hydrogen-bond donors (Lipinski definition) is 0. The summed E-state index contributed by atoms with van der Waals surface area (Å²) in [6, 6.07) is -0.400. The summed E-state index contributed by atoms with van der Waals surface area (Å²) in [6.45, 7) is 1.69. The Balaban J connectivity index is 2.70. The molecule has 1 aromatic heterocycles. The van der Waals surface area contributed by atoms with E-state index in [1.165, 1.54) is 24.4 Å². The smallest absolute Gasteiger partial charge is 0.330 e. The summed E-state index contributed by atoms with van der Waals surface area (Å²) < 4.78 is 5.94. The Morgan fingerprint density at radius 3 is 2.91 bits per heavy atom. The van der Waals surface area contributed by atoms with E-state index >= 15 is 0 Å². The molecule has 60 valence electrons. The summed E-state index contributed by atoms with van der Waals surface area (Å²) in [4.78, 5) is 14.6. The third-order valence-corrected chi connectivity index (χ3v) is 1.38. The van der Waals surface area contributed by atoms with Crippen LogP contribution in [0.25, 0.3) is 0 Å². The van der Waals surface area contributed by atoms with Crippen molar-refractivity contribution >= 4 is 5.97 Å². The number of nitrogens with zero attached hydrogens (tertiary/aromatic N) is 3. The Morgan fingerprint density at radius 2 is 2.45 bits per heavy atom. The van der Waals surface area contributed by atoms with Crippen LogP contribution in [0, 0.1) is 0 Å². The molecule has 5 nitrogen and oxygen atoms in total. The molecule has 0 aliphatic rings. The van der Waals surface area contributed by atoms with Crippen LogP contribution in [0.1, 0.15) is 13.0 Å². The maximum absolute atomic E-state index is 10.9. The first kappa shape index (κ1) is 7.71. The number of methoxy groups -OCH3 is 1. The number of carbonyl (C=O) groups is 1. The van der Waals surface area contributed by atoms with E-state index in [9.17, 15) is 4.79 Å². The maximum atomic E-state index is 10.9. The van der Waals surface area contributed by atoms with Gasteiger partial charge in [-0.2, -0.15) is 5.10 Å². The molecule has 11 heavy (non-hydrogen) atoms. The number of aromatic nitrogens is 3. The molecule has 0 N–H and O–H groups in total. The molecule has 1 rings (SSSR count). The zero-order chi connectivity index (χ0) is 8.27. The summed E-state index contributed by atoms with van der Waals surface area (Å²) in [6.07, 6.45) is 2.85. The highest BCUT2D eigenvalue weighted by atomic mass is 16.5. The van der Waals surface area contributed by atoms with Gasteiger partial charge in [0, 0.05) is 0 Å². The van der Waals surface area contributed by atoms with Gasteiger partial charge in [-0.05, 0) is 6.92 Å². The second-order valence-corrected chi connectivity index (χ2v) is 2.07. The van der Waals surface area contributed by atoms with E-state index in [-0.39, 0.29) is 5.97 Å². The molecule has 0 amide bonds. The third kappa shape index (κ3) is 1.54. The molecule has 1 heterocycles. The molecule has 0 radical (unpaired) electrons. The minimum Gasteiger partial charge on any atom is -0.467 e. The van der Waals surface area contributed by atoms with Gasteiger partial charge in [0.1, 0.15) is 18.7 Å². The van der Waals surface area contributed by atoms with Gasteiger partial charge >= 0.3 is 5.97 Å². The predicted octanol–water partition coefficient (Wildman–Crippen LogP) is 0.0121.